The zero-order chi connectivity index (χ0) is 16.3. The van der Waals surface area contributed by atoms with Gasteiger partial charge >= 0.3 is 6.36 Å². The Morgan fingerprint density at radius 3 is 2.45 bits per heavy atom. The molecule has 0 unspecified atom stereocenters. The van der Waals surface area contributed by atoms with Crippen molar-refractivity contribution >= 4 is 21.8 Å². The molecule has 4 nitrogen and oxygen atoms in total. The van der Waals surface area contributed by atoms with Crippen molar-refractivity contribution in [3.8, 4) is 5.75 Å². The van der Waals surface area contributed by atoms with Gasteiger partial charge in [0.25, 0.3) is 5.91 Å². The van der Waals surface area contributed by atoms with Gasteiger partial charge in [-0.15, -0.1) is 13.2 Å². The van der Waals surface area contributed by atoms with Gasteiger partial charge in [-0.1, -0.05) is 12.1 Å². The van der Waals surface area contributed by atoms with Crippen LogP contribution in [0.25, 0.3) is 0 Å². The predicted molar refractivity (Wildman–Crippen MR) is 77.4 cm³/mol. The summed E-state index contributed by atoms with van der Waals surface area (Å²) in [6.45, 7) is 0.266. The second-order valence-electron chi connectivity index (χ2n) is 4.58. The van der Waals surface area contributed by atoms with E-state index in [1.165, 1.54) is 29.2 Å². The molecular formula is C14H12BrF3N2O2. The molecule has 118 valence electrons. The van der Waals surface area contributed by atoms with Crippen molar-refractivity contribution in [1.29, 1.82) is 0 Å². The summed E-state index contributed by atoms with van der Waals surface area (Å²) < 4.78 is 40.7. The average molecular weight is 377 g/mol. The minimum Gasteiger partial charge on any atom is -0.406 e. The van der Waals surface area contributed by atoms with Crippen molar-refractivity contribution < 1.29 is 22.7 Å². The first-order valence-electron chi connectivity index (χ1n) is 6.18. The molecule has 0 aliphatic heterocycles. The monoisotopic (exact) mass is 376 g/mol. The van der Waals surface area contributed by atoms with E-state index >= 15 is 0 Å². The second kappa shape index (κ2) is 6.43. The van der Waals surface area contributed by atoms with E-state index in [0.29, 0.717) is 11.3 Å². The fourth-order valence-electron chi connectivity index (χ4n) is 1.84. The number of hydrogen-bond donors (Lipinski definition) is 1. The van der Waals surface area contributed by atoms with Crippen LogP contribution in [0.2, 0.25) is 0 Å². The molecule has 2 aromatic rings. The van der Waals surface area contributed by atoms with E-state index in [4.69, 9.17) is 0 Å². The van der Waals surface area contributed by atoms with E-state index in [1.54, 1.807) is 19.3 Å². The minimum atomic E-state index is -4.71. The van der Waals surface area contributed by atoms with E-state index in [0.717, 1.165) is 4.47 Å². The van der Waals surface area contributed by atoms with Crippen LogP contribution < -0.4 is 4.74 Å². The molecular weight excluding hydrogens is 365 g/mol. The molecule has 1 amide bonds. The van der Waals surface area contributed by atoms with Crippen LogP contribution in [0.4, 0.5) is 13.2 Å². The molecule has 0 aliphatic rings. The smallest absolute Gasteiger partial charge is 0.406 e. The van der Waals surface area contributed by atoms with Crippen LogP contribution in [-0.4, -0.2) is 29.2 Å². The van der Waals surface area contributed by atoms with Crippen LogP contribution >= 0.6 is 15.9 Å². The number of aromatic nitrogens is 1. The molecule has 0 saturated carbocycles. The van der Waals surface area contributed by atoms with Crippen molar-refractivity contribution in [3.05, 3.63) is 52.3 Å². The summed E-state index contributed by atoms with van der Waals surface area (Å²) in [5.74, 6) is -0.514. The van der Waals surface area contributed by atoms with E-state index in [1.807, 2.05) is 0 Å². The predicted octanol–water partition coefficient (Wildman–Crippen LogP) is 3.95. The maximum Gasteiger partial charge on any atom is 0.573 e. The lowest BCUT2D eigenvalue weighted by molar-refractivity contribution is -0.274. The number of carbonyl (C=O) groups excluding carboxylic acids is 1. The number of benzene rings is 1. The summed E-state index contributed by atoms with van der Waals surface area (Å²) >= 11 is 3.24. The highest BCUT2D eigenvalue weighted by Crippen LogP contribution is 2.23. The molecule has 0 radical (unpaired) electrons. The van der Waals surface area contributed by atoms with Gasteiger partial charge in [-0.3, -0.25) is 4.79 Å². The lowest BCUT2D eigenvalue weighted by atomic mass is 10.2. The van der Waals surface area contributed by atoms with Crippen molar-refractivity contribution in [2.45, 2.75) is 12.9 Å². The topological polar surface area (TPSA) is 45.3 Å². The molecule has 0 fully saturated rings. The molecule has 1 heterocycles. The van der Waals surface area contributed by atoms with Crippen LogP contribution in [0.15, 0.2) is 41.0 Å². The van der Waals surface area contributed by atoms with Crippen LogP contribution in [0.1, 0.15) is 16.1 Å². The number of rotatable bonds is 4. The van der Waals surface area contributed by atoms with Gasteiger partial charge in [0.1, 0.15) is 11.4 Å². The number of H-pyrrole nitrogens is 1. The number of aromatic amines is 1. The quantitative estimate of drug-likeness (QED) is 0.877. The average Bonchev–Trinajstić information content (AvgIpc) is 2.85. The van der Waals surface area contributed by atoms with Gasteiger partial charge in [0.05, 0.1) is 0 Å². The Hall–Kier alpha value is -1.96. The molecule has 0 aliphatic carbocycles. The molecule has 0 atom stereocenters. The number of nitrogens with zero attached hydrogens (tertiary/aromatic N) is 1. The third-order valence-electron chi connectivity index (χ3n) is 2.80. The molecule has 1 aromatic carbocycles. The van der Waals surface area contributed by atoms with E-state index < -0.39 is 6.36 Å². The number of ether oxygens (including phenoxy) is 1. The molecule has 22 heavy (non-hydrogen) atoms. The first-order chi connectivity index (χ1) is 10.2. The van der Waals surface area contributed by atoms with E-state index in [9.17, 15) is 18.0 Å². The fraction of sp³-hybridized carbons (Fsp3) is 0.214. The van der Waals surface area contributed by atoms with Crippen LogP contribution in [0, 0.1) is 0 Å². The van der Waals surface area contributed by atoms with Gasteiger partial charge in [-0.05, 0) is 39.7 Å². The first kappa shape index (κ1) is 16.4. The van der Waals surface area contributed by atoms with Crippen LogP contribution in [0.3, 0.4) is 0 Å². The normalized spacial score (nSPS) is 11.3. The highest BCUT2D eigenvalue weighted by Gasteiger charge is 2.30. The van der Waals surface area contributed by atoms with Crippen molar-refractivity contribution in [2.75, 3.05) is 7.05 Å². The van der Waals surface area contributed by atoms with Crippen molar-refractivity contribution in [1.82, 2.24) is 9.88 Å². The van der Waals surface area contributed by atoms with E-state index in [2.05, 4.69) is 25.7 Å². The van der Waals surface area contributed by atoms with Crippen molar-refractivity contribution in [3.63, 3.8) is 0 Å². The minimum absolute atomic E-state index is 0.221. The van der Waals surface area contributed by atoms with Gasteiger partial charge in [-0.25, -0.2) is 0 Å². The molecule has 0 saturated heterocycles. The third-order valence-corrected chi connectivity index (χ3v) is 3.26. The van der Waals surface area contributed by atoms with Gasteiger partial charge in [0, 0.05) is 24.3 Å². The van der Waals surface area contributed by atoms with Crippen LogP contribution in [-0.2, 0) is 6.54 Å². The van der Waals surface area contributed by atoms with Gasteiger partial charge < -0.3 is 14.6 Å². The summed E-state index contributed by atoms with van der Waals surface area (Å²) in [5.41, 5.74) is 1.11. The first-order valence-corrected chi connectivity index (χ1v) is 6.98. The number of hydrogen-bond acceptors (Lipinski definition) is 2. The zero-order valence-corrected chi connectivity index (χ0v) is 13.0. The maximum absolute atomic E-state index is 12.1. The Morgan fingerprint density at radius 2 is 1.95 bits per heavy atom. The molecule has 8 heteroatoms. The maximum atomic E-state index is 12.1. The summed E-state index contributed by atoms with van der Waals surface area (Å²) in [4.78, 5) is 16.4. The Morgan fingerprint density at radius 1 is 1.32 bits per heavy atom. The third kappa shape index (κ3) is 4.52. The Labute approximate surface area is 133 Å². The largest absolute Gasteiger partial charge is 0.573 e. The van der Waals surface area contributed by atoms with Crippen molar-refractivity contribution in [2.24, 2.45) is 0 Å². The van der Waals surface area contributed by atoms with Gasteiger partial charge in [0.15, 0.2) is 0 Å². The molecule has 1 aromatic heterocycles. The lowest BCUT2D eigenvalue weighted by Gasteiger charge is -2.17. The standard InChI is InChI=1S/C14H12BrF3N2O2/c1-20(13(21)12-6-10(15)7-19-12)8-9-2-4-11(5-3-9)22-14(16,17)18/h2-7,19H,8H2,1H3. The number of carbonyl (C=O) groups is 1. The number of halogens is 4. The Bertz CT molecular complexity index is 653. The SMILES string of the molecule is CN(Cc1ccc(OC(F)(F)F)cc1)C(=O)c1cc(Br)c[nH]1. The van der Waals surface area contributed by atoms with Gasteiger partial charge in [-0.2, -0.15) is 0 Å². The van der Waals surface area contributed by atoms with E-state index in [-0.39, 0.29) is 18.2 Å². The molecule has 2 rings (SSSR count). The molecule has 0 spiro atoms. The molecule has 0 bridgehead atoms. The summed E-state index contributed by atoms with van der Waals surface area (Å²) in [7, 11) is 1.61. The number of amides is 1. The molecule has 1 N–H and O–H groups in total. The summed E-state index contributed by atoms with van der Waals surface area (Å²) in [5, 5.41) is 0. The Balaban J connectivity index is 1.99. The number of nitrogens with one attached hydrogen (secondary N) is 1. The Kier molecular flexibility index (Phi) is 4.80. The summed E-state index contributed by atoms with van der Waals surface area (Å²) in [6.07, 6.45) is -3.07. The second-order valence-corrected chi connectivity index (χ2v) is 5.50. The summed E-state index contributed by atoms with van der Waals surface area (Å²) in [6, 6.07) is 7.04. The zero-order valence-electron chi connectivity index (χ0n) is 11.4. The van der Waals surface area contributed by atoms with Gasteiger partial charge in [0.2, 0.25) is 0 Å². The fourth-order valence-corrected chi connectivity index (χ4v) is 2.18. The lowest BCUT2D eigenvalue weighted by Crippen LogP contribution is -2.26. The highest BCUT2D eigenvalue weighted by molar-refractivity contribution is 9.10. The van der Waals surface area contributed by atoms with Crippen LogP contribution in [0.5, 0.6) is 5.75 Å². The number of alkyl halides is 3. The highest BCUT2D eigenvalue weighted by atomic mass is 79.9.